The second-order valence-corrected chi connectivity index (χ2v) is 7.01. The van der Waals surface area contributed by atoms with E-state index in [1.807, 2.05) is 38.1 Å². The number of amides is 1. The molecule has 7 heteroatoms. The number of hydrogen-bond acceptors (Lipinski definition) is 4. The van der Waals surface area contributed by atoms with E-state index in [9.17, 15) is 4.79 Å². The number of methoxy groups -OCH3 is 2. The van der Waals surface area contributed by atoms with Crippen molar-refractivity contribution in [3.63, 3.8) is 0 Å². The van der Waals surface area contributed by atoms with Gasteiger partial charge < -0.3 is 20.1 Å². The first-order valence-corrected chi connectivity index (χ1v) is 9.31. The molecule has 2 N–H and O–H groups in total. The number of carbonyl (C=O) groups is 1. The van der Waals surface area contributed by atoms with Crippen molar-refractivity contribution in [3.8, 4) is 11.5 Å². The number of benzene rings is 2. The quantitative estimate of drug-likeness (QED) is 0.670. The van der Waals surface area contributed by atoms with Gasteiger partial charge in [0.25, 0.3) is 0 Å². The van der Waals surface area contributed by atoms with Gasteiger partial charge in [-0.15, -0.1) is 0 Å². The molecule has 0 fully saturated rings. The Labute approximate surface area is 170 Å². The summed E-state index contributed by atoms with van der Waals surface area (Å²) in [6.07, 6.45) is 0. The summed E-state index contributed by atoms with van der Waals surface area (Å²) in [6, 6.07) is 10.5. The number of nitrogens with one attached hydrogen (secondary N) is 2. The smallest absolute Gasteiger partial charge is 0.234 e. The van der Waals surface area contributed by atoms with E-state index in [2.05, 4.69) is 10.6 Å². The van der Waals surface area contributed by atoms with Crippen LogP contribution in [0.25, 0.3) is 0 Å². The summed E-state index contributed by atoms with van der Waals surface area (Å²) >= 11 is 12.1. The summed E-state index contributed by atoms with van der Waals surface area (Å²) in [5.41, 5.74) is 1.73. The fraction of sp³-hybridized carbons (Fsp3) is 0.350. The van der Waals surface area contributed by atoms with E-state index in [4.69, 9.17) is 32.7 Å². The molecule has 2 aromatic carbocycles. The molecule has 1 amide bonds. The van der Waals surface area contributed by atoms with Crippen LogP contribution in [0.3, 0.4) is 0 Å². The van der Waals surface area contributed by atoms with Crippen LogP contribution in [0, 0.1) is 0 Å². The Bertz CT molecular complexity index is 799. The van der Waals surface area contributed by atoms with Gasteiger partial charge in [0.15, 0.2) is 0 Å². The Morgan fingerprint density at radius 3 is 2.37 bits per heavy atom. The summed E-state index contributed by atoms with van der Waals surface area (Å²) in [5.74, 6) is 1.33. The Morgan fingerprint density at radius 2 is 1.74 bits per heavy atom. The predicted octanol–water partition coefficient (Wildman–Crippen LogP) is 4.54. The summed E-state index contributed by atoms with van der Waals surface area (Å²) < 4.78 is 10.7. The minimum atomic E-state index is -0.231. The number of halogens is 2. The maximum atomic E-state index is 12.3. The monoisotopic (exact) mass is 410 g/mol. The van der Waals surface area contributed by atoms with E-state index in [0.717, 1.165) is 22.6 Å². The van der Waals surface area contributed by atoms with Gasteiger partial charge >= 0.3 is 0 Å². The molecule has 146 valence electrons. The molecule has 2 aromatic rings. The molecular formula is C20H24Cl2N2O3. The van der Waals surface area contributed by atoms with Crippen molar-refractivity contribution in [1.29, 1.82) is 0 Å². The molecule has 0 heterocycles. The largest absolute Gasteiger partial charge is 0.497 e. The lowest BCUT2D eigenvalue weighted by atomic mass is 10.1. The van der Waals surface area contributed by atoms with Crippen LogP contribution in [-0.2, 0) is 4.79 Å². The highest BCUT2D eigenvalue weighted by Crippen LogP contribution is 2.29. The molecule has 0 saturated heterocycles. The molecule has 0 unspecified atom stereocenters. The van der Waals surface area contributed by atoms with Crippen molar-refractivity contribution >= 4 is 29.1 Å². The van der Waals surface area contributed by atoms with E-state index >= 15 is 0 Å². The van der Waals surface area contributed by atoms with E-state index in [0.29, 0.717) is 10.0 Å². The molecule has 0 aliphatic heterocycles. The molecule has 0 saturated carbocycles. The average molecular weight is 411 g/mol. The van der Waals surface area contributed by atoms with E-state index in [-0.39, 0.29) is 24.5 Å². The summed E-state index contributed by atoms with van der Waals surface area (Å²) in [5, 5.41) is 7.22. The van der Waals surface area contributed by atoms with E-state index < -0.39 is 0 Å². The molecule has 0 spiro atoms. The second kappa shape index (κ2) is 9.83. The lowest BCUT2D eigenvalue weighted by Crippen LogP contribution is -2.36. The zero-order chi connectivity index (χ0) is 20.0. The topological polar surface area (TPSA) is 59.6 Å². The summed E-state index contributed by atoms with van der Waals surface area (Å²) in [4.78, 5) is 12.3. The van der Waals surface area contributed by atoms with Gasteiger partial charge in [0.2, 0.25) is 5.91 Å². The second-order valence-electron chi connectivity index (χ2n) is 6.17. The SMILES string of the molecule is COc1ccc(OC)c([C@H](C)NCC(=O)N[C@H](C)c2ccc(Cl)cc2Cl)c1. The Balaban J connectivity index is 1.97. The van der Waals surface area contributed by atoms with Gasteiger partial charge in [0.1, 0.15) is 11.5 Å². The lowest BCUT2D eigenvalue weighted by molar-refractivity contribution is -0.121. The highest BCUT2D eigenvalue weighted by atomic mass is 35.5. The van der Waals surface area contributed by atoms with Crippen LogP contribution in [0.5, 0.6) is 11.5 Å². The van der Waals surface area contributed by atoms with Crippen LogP contribution in [0.4, 0.5) is 0 Å². The zero-order valence-electron chi connectivity index (χ0n) is 15.8. The average Bonchev–Trinajstić information content (AvgIpc) is 2.65. The molecule has 0 radical (unpaired) electrons. The van der Waals surface area contributed by atoms with Crippen LogP contribution in [-0.4, -0.2) is 26.7 Å². The maximum Gasteiger partial charge on any atom is 0.234 e. The first-order valence-electron chi connectivity index (χ1n) is 8.55. The number of hydrogen-bond donors (Lipinski definition) is 2. The van der Waals surface area contributed by atoms with Gasteiger partial charge in [-0.25, -0.2) is 0 Å². The van der Waals surface area contributed by atoms with Crippen LogP contribution < -0.4 is 20.1 Å². The third-order valence-corrected chi connectivity index (χ3v) is 4.84. The molecule has 27 heavy (non-hydrogen) atoms. The Morgan fingerprint density at radius 1 is 1.00 bits per heavy atom. The number of ether oxygens (including phenoxy) is 2. The van der Waals surface area contributed by atoms with Gasteiger partial charge in [-0.05, 0) is 49.7 Å². The van der Waals surface area contributed by atoms with Crippen molar-refractivity contribution in [2.24, 2.45) is 0 Å². The minimum absolute atomic E-state index is 0.102. The summed E-state index contributed by atoms with van der Waals surface area (Å²) in [6.45, 7) is 3.99. The zero-order valence-corrected chi connectivity index (χ0v) is 17.3. The molecule has 0 aromatic heterocycles. The van der Waals surface area contributed by atoms with Crippen LogP contribution >= 0.6 is 23.2 Å². The van der Waals surface area contributed by atoms with Crippen LogP contribution in [0.15, 0.2) is 36.4 Å². The Hall–Kier alpha value is -1.95. The first kappa shape index (κ1) is 21.4. The number of carbonyl (C=O) groups excluding carboxylic acids is 1. The van der Waals surface area contributed by atoms with Crippen molar-refractivity contribution in [2.75, 3.05) is 20.8 Å². The fourth-order valence-corrected chi connectivity index (χ4v) is 3.33. The van der Waals surface area contributed by atoms with Gasteiger partial charge in [0.05, 0.1) is 26.8 Å². The normalized spacial score (nSPS) is 13.0. The Kier molecular flexibility index (Phi) is 7.78. The van der Waals surface area contributed by atoms with Crippen molar-refractivity contribution in [2.45, 2.75) is 25.9 Å². The minimum Gasteiger partial charge on any atom is -0.497 e. The van der Waals surface area contributed by atoms with Crippen LogP contribution in [0.1, 0.15) is 37.1 Å². The van der Waals surface area contributed by atoms with Gasteiger partial charge in [-0.1, -0.05) is 29.3 Å². The molecule has 0 bridgehead atoms. The number of rotatable bonds is 8. The van der Waals surface area contributed by atoms with Gasteiger partial charge in [-0.3, -0.25) is 4.79 Å². The highest BCUT2D eigenvalue weighted by molar-refractivity contribution is 6.35. The van der Waals surface area contributed by atoms with Crippen molar-refractivity contribution in [1.82, 2.24) is 10.6 Å². The van der Waals surface area contributed by atoms with E-state index in [1.54, 1.807) is 26.4 Å². The molecule has 0 aliphatic rings. The summed E-state index contributed by atoms with van der Waals surface area (Å²) in [7, 11) is 3.22. The predicted molar refractivity (Wildman–Crippen MR) is 109 cm³/mol. The van der Waals surface area contributed by atoms with Crippen molar-refractivity contribution in [3.05, 3.63) is 57.6 Å². The first-order chi connectivity index (χ1) is 12.8. The highest BCUT2D eigenvalue weighted by Gasteiger charge is 2.16. The standard InChI is InChI=1S/C20H24Cl2N2O3/c1-12(17-10-15(26-3)6-8-19(17)27-4)23-11-20(25)24-13(2)16-7-5-14(21)9-18(16)22/h5-10,12-13,23H,11H2,1-4H3,(H,24,25)/t12-,13+/m0/s1. The molecular weight excluding hydrogens is 387 g/mol. The molecule has 5 nitrogen and oxygen atoms in total. The molecule has 0 aliphatic carbocycles. The lowest BCUT2D eigenvalue weighted by Gasteiger charge is -2.20. The maximum absolute atomic E-state index is 12.3. The van der Waals surface area contributed by atoms with Gasteiger partial charge in [0, 0.05) is 21.7 Å². The van der Waals surface area contributed by atoms with Crippen molar-refractivity contribution < 1.29 is 14.3 Å². The molecule has 2 atom stereocenters. The molecule has 2 rings (SSSR count). The fourth-order valence-electron chi connectivity index (χ4n) is 2.76. The van der Waals surface area contributed by atoms with Crippen LogP contribution in [0.2, 0.25) is 10.0 Å². The van der Waals surface area contributed by atoms with Gasteiger partial charge in [-0.2, -0.15) is 0 Å². The third-order valence-electron chi connectivity index (χ3n) is 4.28. The third kappa shape index (κ3) is 5.76. The van der Waals surface area contributed by atoms with E-state index in [1.165, 1.54) is 0 Å².